The molecule has 6 heteroatoms. The monoisotopic (exact) mass is 556 g/mol. The van der Waals surface area contributed by atoms with Crippen LogP contribution in [0, 0.1) is 5.92 Å². The summed E-state index contributed by atoms with van der Waals surface area (Å²) in [7, 11) is -0.383. The predicted octanol–water partition coefficient (Wildman–Crippen LogP) is 8.47. The molecule has 0 N–H and O–H groups in total. The highest BCUT2D eigenvalue weighted by Crippen LogP contribution is 2.52. The summed E-state index contributed by atoms with van der Waals surface area (Å²) in [5.74, 6) is 1.40. The molecule has 0 bridgehead atoms. The number of hydrogen-bond acceptors (Lipinski definition) is 5. The van der Waals surface area contributed by atoms with Crippen LogP contribution in [0.25, 0.3) is 0 Å². The smallest absolute Gasteiger partial charge is 0.193 e. The van der Waals surface area contributed by atoms with E-state index in [1.807, 2.05) is 6.07 Å². The zero-order chi connectivity index (χ0) is 28.2. The van der Waals surface area contributed by atoms with Crippen LogP contribution in [-0.4, -0.2) is 40.2 Å². The largest absolute Gasteiger partial charge is 0.496 e. The van der Waals surface area contributed by atoms with Gasteiger partial charge in [-0.3, -0.25) is 4.79 Å². The molecule has 2 unspecified atom stereocenters. The van der Waals surface area contributed by atoms with Gasteiger partial charge in [0.05, 0.1) is 19.3 Å². The number of hydrogen-bond donors (Lipinski definition) is 0. The Hall–Kier alpha value is -1.47. The molecule has 1 saturated heterocycles. The Morgan fingerprint density at radius 2 is 1.90 bits per heavy atom. The molecule has 1 fully saturated rings. The van der Waals surface area contributed by atoms with E-state index in [9.17, 15) is 4.79 Å². The molecule has 2 aliphatic carbocycles. The summed E-state index contributed by atoms with van der Waals surface area (Å²) in [5, 5.41) is 0.0700. The molecule has 39 heavy (non-hydrogen) atoms. The molecular weight excluding hydrogens is 504 g/mol. The number of carbonyl (C=O) groups excluding carboxylic acids is 1. The second kappa shape index (κ2) is 13.0. The molecule has 5 nitrogen and oxygen atoms in total. The number of Topliss-reactive ketones (excluding diaryl/α,β-unsaturated/α-hetero) is 1. The van der Waals surface area contributed by atoms with Gasteiger partial charge in [-0.15, -0.1) is 0 Å². The first-order chi connectivity index (χ1) is 18.6. The van der Waals surface area contributed by atoms with Crippen molar-refractivity contribution in [1.29, 1.82) is 0 Å². The third-order valence-corrected chi connectivity index (χ3v) is 13.9. The summed E-state index contributed by atoms with van der Waals surface area (Å²) < 4.78 is 25.4. The van der Waals surface area contributed by atoms with Crippen LogP contribution in [0.5, 0.6) is 5.75 Å². The van der Waals surface area contributed by atoms with E-state index < -0.39 is 8.32 Å². The number of ketones is 1. The van der Waals surface area contributed by atoms with Gasteiger partial charge < -0.3 is 18.6 Å². The van der Waals surface area contributed by atoms with Crippen LogP contribution in [-0.2, 0) is 25.1 Å². The summed E-state index contributed by atoms with van der Waals surface area (Å²) in [6, 6.07) is 6.30. The van der Waals surface area contributed by atoms with Crippen molar-refractivity contribution >= 4 is 14.1 Å². The molecule has 0 aromatic heterocycles. The van der Waals surface area contributed by atoms with Gasteiger partial charge in [0.2, 0.25) is 0 Å². The number of unbranched alkanes of at least 4 members (excludes halogenated alkanes) is 2. The standard InChI is InChI=1S/C33H52O5Si/c1-8-9-10-14-24(37-30-17-11-12-20-36-30)18-19-26-28(34)22-23-21-27-25(15-13-16-29(27)35-5)32(31(23)26)38-39(6,7)33(2,3)4/h13,15-16,23-24,30,32H,8-12,14,17-22H2,1-7H3/t23-,24-,30?,32?/m0/s1. The summed E-state index contributed by atoms with van der Waals surface area (Å²) in [6.45, 7) is 14.5. The molecule has 4 atom stereocenters. The van der Waals surface area contributed by atoms with Gasteiger partial charge in [0.25, 0.3) is 0 Å². The average molecular weight is 557 g/mol. The second-order valence-corrected chi connectivity index (χ2v) is 18.1. The van der Waals surface area contributed by atoms with Gasteiger partial charge in [0.1, 0.15) is 5.75 Å². The van der Waals surface area contributed by atoms with Crippen molar-refractivity contribution in [2.75, 3.05) is 13.7 Å². The molecule has 0 amide bonds. The van der Waals surface area contributed by atoms with E-state index in [0.29, 0.717) is 12.2 Å². The molecule has 0 radical (unpaired) electrons. The van der Waals surface area contributed by atoms with Crippen LogP contribution in [0.4, 0.5) is 0 Å². The van der Waals surface area contributed by atoms with Crippen molar-refractivity contribution < 1.29 is 23.4 Å². The van der Waals surface area contributed by atoms with Crippen molar-refractivity contribution in [2.45, 2.75) is 135 Å². The lowest BCUT2D eigenvalue weighted by Gasteiger charge is -2.43. The van der Waals surface area contributed by atoms with Crippen molar-refractivity contribution in [2.24, 2.45) is 5.92 Å². The van der Waals surface area contributed by atoms with E-state index in [2.05, 4.69) is 52.9 Å². The third-order valence-electron chi connectivity index (χ3n) is 9.51. The summed E-state index contributed by atoms with van der Waals surface area (Å²) in [4.78, 5) is 13.6. The van der Waals surface area contributed by atoms with Crippen LogP contribution < -0.4 is 4.74 Å². The Balaban J connectivity index is 1.64. The minimum atomic E-state index is -2.12. The lowest BCUT2D eigenvalue weighted by Crippen LogP contribution is -2.43. The quantitative estimate of drug-likeness (QED) is 0.191. The zero-order valence-corrected chi connectivity index (χ0v) is 26.6. The van der Waals surface area contributed by atoms with Gasteiger partial charge in [0.15, 0.2) is 20.4 Å². The highest BCUT2D eigenvalue weighted by atomic mass is 28.4. The maximum Gasteiger partial charge on any atom is 0.193 e. The highest BCUT2D eigenvalue weighted by molar-refractivity contribution is 6.74. The minimum absolute atomic E-state index is 0.0700. The van der Waals surface area contributed by atoms with E-state index in [4.69, 9.17) is 18.6 Å². The normalized spacial score (nSPS) is 24.5. The molecule has 4 rings (SSSR count). The van der Waals surface area contributed by atoms with Gasteiger partial charge >= 0.3 is 0 Å². The molecule has 0 saturated carbocycles. The molecule has 1 aromatic rings. The first-order valence-electron chi connectivity index (χ1n) is 15.4. The number of benzene rings is 1. The Morgan fingerprint density at radius 1 is 1.10 bits per heavy atom. The van der Waals surface area contributed by atoms with Gasteiger partial charge in [-0.2, -0.15) is 0 Å². The maximum atomic E-state index is 13.6. The van der Waals surface area contributed by atoms with Gasteiger partial charge in [-0.1, -0.05) is 59.1 Å². The first-order valence-corrected chi connectivity index (χ1v) is 18.3. The summed E-state index contributed by atoms with van der Waals surface area (Å²) >= 11 is 0. The number of allylic oxidation sites excluding steroid dienone is 1. The van der Waals surface area contributed by atoms with E-state index in [1.165, 1.54) is 29.5 Å². The van der Waals surface area contributed by atoms with Crippen LogP contribution >= 0.6 is 0 Å². The number of fused-ring (bicyclic) bond motifs is 2. The van der Waals surface area contributed by atoms with Crippen LogP contribution in [0.2, 0.25) is 18.1 Å². The SMILES string of the molecule is CCCCC[C@@H](CCC1=C2C(O[Si](C)(C)C(C)(C)C)c3cccc(OC)c3C[C@H]2CC1=O)OC1CCCCO1. The van der Waals surface area contributed by atoms with E-state index >= 15 is 0 Å². The lowest BCUT2D eigenvalue weighted by atomic mass is 9.78. The van der Waals surface area contributed by atoms with Gasteiger partial charge in [-0.05, 0) is 91.8 Å². The number of rotatable bonds is 12. The molecule has 3 aliphatic rings. The molecule has 1 aliphatic heterocycles. The Bertz CT molecular complexity index is 1020. The molecule has 1 heterocycles. The second-order valence-electron chi connectivity index (χ2n) is 13.3. The van der Waals surface area contributed by atoms with Gasteiger partial charge in [0, 0.05) is 18.6 Å². The minimum Gasteiger partial charge on any atom is -0.496 e. The Morgan fingerprint density at radius 3 is 2.56 bits per heavy atom. The number of ether oxygens (including phenoxy) is 3. The molecule has 218 valence electrons. The fraction of sp³-hybridized carbons (Fsp3) is 0.727. The van der Waals surface area contributed by atoms with Crippen LogP contribution in [0.1, 0.15) is 109 Å². The Kier molecular flexibility index (Phi) is 10.2. The van der Waals surface area contributed by atoms with E-state index in [0.717, 1.165) is 69.3 Å². The van der Waals surface area contributed by atoms with Crippen molar-refractivity contribution in [3.63, 3.8) is 0 Å². The maximum absolute atomic E-state index is 13.6. The molecular formula is C33H52O5Si. The zero-order valence-electron chi connectivity index (χ0n) is 25.6. The van der Waals surface area contributed by atoms with Crippen LogP contribution in [0.15, 0.2) is 29.3 Å². The van der Waals surface area contributed by atoms with E-state index in [1.54, 1.807) is 7.11 Å². The predicted molar refractivity (Wildman–Crippen MR) is 160 cm³/mol. The van der Waals surface area contributed by atoms with Gasteiger partial charge in [-0.25, -0.2) is 0 Å². The topological polar surface area (TPSA) is 54.0 Å². The number of methoxy groups -OCH3 is 1. The lowest BCUT2D eigenvalue weighted by molar-refractivity contribution is -0.190. The molecule has 0 spiro atoms. The number of carbonyl (C=O) groups is 1. The fourth-order valence-corrected chi connectivity index (χ4v) is 7.39. The fourth-order valence-electron chi connectivity index (χ4n) is 6.19. The first kappa shape index (κ1) is 30.5. The Labute approximate surface area is 238 Å². The van der Waals surface area contributed by atoms with Crippen molar-refractivity contribution in [3.8, 4) is 5.75 Å². The summed E-state index contributed by atoms with van der Waals surface area (Å²) in [5.41, 5.74) is 4.64. The average Bonchev–Trinajstić information content (AvgIpc) is 3.21. The van der Waals surface area contributed by atoms with E-state index in [-0.39, 0.29) is 29.5 Å². The molecule has 1 aromatic carbocycles. The summed E-state index contributed by atoms with van der Waals surface area (Å²) in [6.07, 6.45) is 10.7. The highest BCUT2D eigenvalue weighted by Gasteiger charge is 2.47. The van der Waals surface area contributed by atoms with Crippen LogP contribution in [0.3, 0.4) is 0 Å². The third kappa shape index (κ3) is 7.06. The van der Waals surface area contributed by atoms with Crippen molar-refractivity contribution in [3.05, 3.63) is 40.5 Å². The van der Waals surface area contributed by atoms with Crippen molar-refractivity contribution in [1.82, 2.24) is 0 Å².